The van der Waals surface area contributed by atoms with E-state index >= 15 is 0 Å². The van der Waals surface area contributed by atoms with Crippen molar-refractivity contribution >= 4 is 39.5 Å². The van der Waals surface area contributed by atoms with Crippen LogP contribution in [-0.2, 0) is 0 Å². The van der Waals surface area contributed by atoms with Crippen molar-refractivity contribution < 1.29 is 9.21 Å². The minimum Gasteiger partial charge on any atom is -0.462 e. The SMILES string of the molecule is O=C(NC1CC2CNC1C2)c1cc2c(I)coc2cn1. The molecular formula is C14H14IN3O2. The topological polar surface area (TPSA) is 67.2 Å². The molecule has 0 aromatic carbocycles. The number of piperidine rings is 1. The first-order valence-corrected chi connectivity index (χ1v) is 7.85. The maximum Gasteiger partial charge on any atom is 0.270 e. The van der Waals surface area contributed by atoms with E-state index in [1.807, 2.05) is 0 Å². The van der Waals surface area contributed by atoms with Crippen molar-refractivity contribution in [2.75, 3.05) is 6.54 Å². The number of hydrogen-bond acceptors (Lipinski definition) is 4. The molecule has 1 aliphatic carbocycles. The molecule has 2 aromatic heterocycles. The van der Waals surface area contributed by atoms with E-state index in [1.165, 1.54) is 6.42 Å². The van der Waals surface area contributed by atoms with Gasteiger partial charge in [-0.1, -0.05) is 0 Å². The predicted octanol–water partition coefficient (Wildman–Crippen LogP) is 1.91. The van der Waals surface area contributed by atoms with Gasteiger partial charge in [-0.2, -0.15) is 0 Å². The van der Waals surface area contributed by atoms with E-state index in [4.69, 9.17) is 4.42 Å². The molecule has 2 bridgehead atoms. The number of halogens is 1. The molecule has 104 valence electrons. The van der Waals surface area contributed by atoms with Crippen molar-refractivity contribution in [1.82, 2.24) is 15.6 Å². The normalized spacial score (nSPS) is 28.1. The lowest BCUT2D eigenvalue weighted by molar-refractivity contribution is 0.0923. The molecule has 3 heterocycles. The number of aromatic nitrogens is 1. The van der Waals surface area contributed by atoms with Gasteiger partial charge in [0, 0.05) is 17.5 Å². The average Bonchev–Trinajstić information content (AvgIpc) is 3.15. The number of rotatable bonds is 2. The van der Waals surface area contributed by atoms with Crippen molar-refractivity contribution in [3.63, 3.8) is 0 Å². The molecular weight excluding hydrogens is 369 g/mol. The number of fused-ring (bicyclic) bond motifs is 3. The summed E-state index contributed by atoms with van der Waals surface area (Å²) in [6.07, 6.45) is 5.55. The molecule has 5 nitrogen and oxygen atoms in total. The van der Waals surface area contributed by atoms with E-state index in [2.05, 4.69) is 38.2 Å². The van der Waals surface area contributed by atoms with Crippen LogP contribution in [0.25, 0.3) is 11.0 Å². The highest BCUT2D eigenvalue weighted by atomic mass is 127. The van der Waals surface area contributed by atoms with Gasteiger partial charge in [0.15, 0.2) is 5.58 Å². The van der Waals surface area contributed by atoms with Gasteiger partial charge in [-0.15, -0.1) is 0 Å². The van der Waals surface area contributed by atoms with Gasteiger partial charge in [0.1, 0.15) is 12.0 Å². The Labute approximate surface area is 129 Å². The van der Waals surface area contributed by atoms with Gasteiger partial charge in [-0.3, -0.25) is 4.79 Å². The number of carbonyl (C=O) groups is 1. The van der Waals surface area contributed by atoms with E-state index in [0.717, 1.165) is 27.8 Å². The molecule has 2 N–H and O–H groups in total. The van der Waals surface area contributed by atoms with Crippen LogP contribution in [-0.4, -0.2) is 29.5 Å². The fraction of sp³-hybridized carbons (Fsp3) is 0.429. The fourth-order valence-electron chi connectivity index (χ4n) is 3.28. The first-order valence-electron chi connectivity index (χ1n) is 6.77. The van der Waals surface area contributed by atoms with E-state index in [1.54, 1.807) is 18.5 Å². The van der Waals surface area contributed by atoms with E-state index in [0.29, 0.717) is 17.3 Å². The Bertz CT molecular complexity index is 684. The number of carbonyl (C=O) groups excluding carboxylic acids is 1. The van der Waals surface area contributed by atoms with Crippen LogP contribution in [0.1, 0.15) is 23.3 Å². The number of pyridine rings is 1. The van der Waals surface area contributed by atoms with Crippen LogP contribution in [0.3, 0.4) is 0 Å². The molecule has 3 atom stereocenters. The lowest BCUT2D eigenvalue weighted by Crippen LogP contribution is -2.48. The van der Waals surface area contributed by atoms with Gasteiger partial charge in [0.25, 0.3) is 5.91 Å². The second-order valence-corrected chi connectivity index (χ2v) is 6.74. The van der Waals surface area contributed by atoms with Crippen LogP contribution in [0.4, 0.5) is 0 Å². The summed E-state index contributed by atoms with van der Waals surface area (Å²) in [6, 6.07) is 2.47. The molecule has 1 saturated carbocycles. The number of amides is 1. The molecule has 1 aliphatic heterocycles. The monoisotopic (exact) mass is 383 g/mol. The first kappa shape index (κ1) is 12.6. The second kappa shape index (κ2) is 4.70. The van der Waals surface area contributed by atoms with Crippen molar-refractivity contribution in [1.29, 1.82) is 0 Å². The molecule has 1 saturated heterocycles. The zero-order chi connectivity index (χ0) is 13.7. The largest absolute Gasteiger partial charge is 0.462 e. The third kappa shape index (κ3) is 2.01. The van der Waals surface area contributed by atoms with Crippen molar-refractivity contribution in [3.8, 4) is 0 Å². The first-order chi connectivity index (χ1) is 9.70. The lowest BCUT2D eigenvalue weighted by Gasteiger charge is -2.23. The standard InChI is InChI=1S/C14H14IN3O2/c15-9-6-20-13-5-17-12(3-8(9)13)14(19)18-11-2-7-1-10(11)16-4-7/h3,5-7,10-11,16H,1-2,4H2,(H,18,19). The van der Waals surface area contributed by atoms with Crippen LogP contribution in [0.5, 0.6) is 0 Å². The summed E-state index contributed by atoms with van der Waals surface area (Å²) < 4.78 is 6.34. The van der Waals surface area contributed by atoms with Gasteiger partial charge in [-0.05, 0) is 54.0 Å². The molecule has 0 spiro atoms. The van der Waals surface area contributed by atoms with Gasteiger partial charge in [0.2, 0.25) is 0 Å². The minimum atomic E-state index is -0.0942. The Balaban J connectivity index is 1.56. The van der Waals surface area contributed by atoms with Crippen LogP contribution in [0.15, 0.2) is 22.9 Å². The highest BCUT2D eigenvalue weighted by Crippen LogP contribution is 2.31. The summed E-state index contributed by atoms with van der Waals surface area (Å²) in [4.78, 5) is 16.5. The summed E-state index contributed by atoms with van der Waals surface area (Å²) in [5.74, 6) is 0.624. The maximum atomic E-state index is 12.3. The van der Waals surface area contributed by atoms with Crippen molar-refractivity contribution in [2.24, 2.45) is 5.92 Å². The summed E-state index contributed by atoms with van der Waals surface area (Å²) in [5, 5.41) is 7.49. The molecule has 1 amide bonds. The Kier molecular flexibility index (Phi) is 2.95. The quantitative estimate of drug-likeness (QED) is 0.778. The number of nitrogens with one attached hydrogen (secondary N) is 2. The Morgan fingerprint density at radius 2 is 2.40 bits per heavy atom. The average molecular weight is 383 g/mol. The van der Waals surface area contributed by atoms with Gasteiger partial charge in [-0.25, -0.2) is 4.98 Å². The van der Waals surface area contributed by atoms with E-state index in [9.17, 15) is 4.79 Å². The summed E-state index contributed by atoms with van der Waals surface area (Å²) in [5.41, 5.74) is 1.17. The van der Waals surface area contributed by atoms with Gasteiger partial charge < -0.3 is 15.1 Å². The molecule has 2 aromatic rings. The number of furan rings is 1. The number of nitrogens with zero attached hydrogens (tertiary/aromatic N) is 1. The second-order valence-electron chi connectivity index (χ2n) is 5.58. The van der Waals surface area contributed by atoms with Gasteiger partial charge >= 0.3 is 0 Å². The maximum absolute atomic E-state index is 12.3. The third-order valence-corrected chi connectivity index (χ3v) is 5.13. The lowest BCUT2D eigenvalue weighted by atomic mass is 10.1. The summed E-state index contributed by atoms with van der Waals surface area (Å²) in [7, 11) is 0. The number of hydrogen-bond donors (Lipinski definition) is 2. The van der Waals surface area contributed by atoms with Crippen LogP contribution in [0, 0.1) is 9.49 Å². The van der Waals surface area contributed by atoms with Crippen LogP contribution >= 0.6 is 22.6 Å². The Morgan fingerprint density at radius 1 is 1.50 bits per heavy atom. The molecule has 6 heteroatoms. The van der Waals surface area contributed by atoms with Gasteiger partial charge in [0.05, 0.1) is 9.77 Å². The molecule has 20 heavy (non-hydrogen) atoms. The Hall–Kier alpha value is -1.15. The zero-order valence-electron chi connectivity index (χ0n) is 10.7. The Morgan fingerprint density at radius 3 is 3.15 bits per heavy atom. The molecule has 3 unspecified atom stereocenters. The fourth-order valence-corrected chi connectivity index (χ4v) is 3.83. The smallest absolute Gasteiger partial charge is 0.270 e. The summed E-state index contributed by atoms with van der Waals surface area (Å²) >= 11 is 2.20. The highest BCUT2D eigenvalue weighted by Gasteiger charge is 2.40. The van der Waals surface area contributed by atoms with Crippen molar-refractivity contribution in [3.05, 3.63) is 27.8 Å². The third-order valence-electron chi connectivity index (χ3n) is 4.29. The molecule has 0 radical (unpaired) electrons. The molecule has 2 fully saturated rings. The predicted molar refractivity (Wildman–Crippen MR) is 82.5 cm³/mol. The van der Waals surface area contributed by atoms with E-state index in [-0.39, 0.29) is 11.9 Å². The van der Waals surface area contributed by atoms with Crippen LogP contribution < -0.4 is 10.6 Å². The van der Waals surface area contributed by atoms with Crippen LogP contribution in [0.2, 0.25) is 0 Å². The van der Waals surface area contributed by atoms with E-state index < -0.39 is 0 Å². The highest BCUT2D eigenvalue weighted by molar-refractivity contribution is 14.1. The summed E-state index contributed by atoms with van der Waals surface area (Å²) in [6.45, 7) is 1.09. The molecule has 4 rings (SSSR count). The van der Waals surface area contributed by atoms with Crippen molar-refractivity contribution in [2.45, 2.75) is 24.9 Å². The minimum absolute atomic E-state index is 0.0942. The zero-order valence-corrected chi connectivity index (χ0v) is 12.9. The molecule has 2 aliphatic rings.